The Morgan fingerprint density at radius 3 is 2.38 bits per heavy atom. The van der Waals surface area contributed by atoms with E-state index >= 15 is 0 Å². The van der Waals surface area contributed by atoms with Crippen LogP contribution in [-0.2, 0) is 10.0 Å². The summed E-state index contributed by atoms with van der Waals surface area (Å²) in [5.41, 5.74) is 0.702. The zero-order chi connectivity index (χ0) is 15.3. The quantitative estimate of drug-likeness (QED) is 0.852. The Bertz CT molecular complexity index is 704. The van der Waals surface area contributed by atoms with Crippen LogP contribution in [0.3, 0.4) is 0 Å². The predicted molar refractivity (Wildman–Crippen MR) is 84.5 cm³/mol. The second kappa shape index (κ2) is 6.73. The summed E-state index contributed by atoms with van der Waals surface area (Å²) in [5, 5.41) is 11.3. The number of halogens is 1. The minimum atomic E-state index is -3.36. The van der Waals surface area contributed by atoms with Gasteiger partial charge in [-0.05, 0) is 30.7 Å². The molecule has 8 heteroatoms. The highest BCUT2D eigenvalue weighted by Gasteiger charge is 2.10. The molecule has 2 aromatic rings. The zero-order valence-corrected chi connectivity index (χ0v) is 12.9. The molecule has 0 unspecified atom stereocenters. The van der Waals surface area contributed by atoms with Gasteiger partial charge in [-0.15, -0.1) is 10.2 Å². The van der Waals surface area contributed by atoms with Gasteiger partial charge in [-0.3, -0.25) is 4.72 Å². The summed E-state index contributed by atoms with van der Waals surface area (Å²) in [6.07, 6.45) is 0.537. The maximum atomic E-state index is 11.6. The maximum absolute atomic E-state index is 11.6. The lowest BCUT2D eigenvalue weighted by Crippen LogP contribution is -2.17. The fraction of sp³-hybridized carbons (Fsp3) is 0.231. The number of aromatic nitrogens is 2. The van der Waals surface area contributed by atoms with Crippen molar-refractivity contribution in [1.29, 1.82) is 0 Å². The van der Waals surface area contributed by atoms with E-state index in [1.54, 1.807) is 25.1 Å². The molecule has 1 heterocycles. The average Bonchev–Trinajstić information content (AvgIpc) is 2.43. The maximum Gasteiger partial charge on any atom is 0.233 e. The first-order chi connectivity index (χ1) is 10.00. The molecule has 0 atom stereocenters. The van der Waals surface area contributed by atoms with Crippen molar-refractivity contribution in [3.8, 4) is 0 Å². The van der Waals surface area contributed by atoms with Gasteiger partial charge in [-0.25, -0.2) is 8.42 Å². The van der Waals surface area contributed by atoms with Crippen LogP contribution in [0.2, 0.25) is 5.02 Å². The molecule has 0 spiro atoms. The van der Waals surface area contributed by atoms with Crippen LogP contribution in [0.15, 0.2) is 36.4 Å². The van der Waals surface area contributed by atoms with E-state index in [4.69, 9.17) is 11.6 Å². The van der Waals surface area contributed by atoms with Crippen molar-refractivity contribution in [2.24, 2.45) is 0 Å². The van der Waals surface area contributed by atoms with Crippen molar-refractivity contribution >= 4 is 38.9 Å². The minimum absolute atomic E-state index is 0.0499. The van der Waals surface area contributed by atoms with Crippen molar-refractivity contribution in [2.45, 2.75) is 13.3 Å². The SMILES string of the molecule is CCCS(=O)(=O)Nc1ccc(Nc2ccccc2Cl)nn1. The highest BCUT2D eigenvalue weighted by Crippen LogP contribution is 2.23. The molecule has 1 aromatic heterocycles. The Labute approximate surface area is 128 Å². The van der Waals surface area contributed by atoms with Crippen LogP contribution in [0.1, 0.15) is 13.3 Å². The van der Waals surface area contributed by atoms with Gasteiger partial charge in [-0.2, -0.15) is 0 Å². The number of hydrogen-bond donors (Lipinski definition) is 2. The van der Waals surface area contributed by atoms with Crippen molar-refractivity contribution in [2.75, 3.05) is 15.8 Å². The number of anilines is 3. The monoisotopic (exact) mass is 326 g/mol. The van der Waals surface area contributed by atoms with Crippen LogP contribution < -0.4 is 10.0 Å². The Kier molecular flexibility index (Phi) is 4.98. The van der Waals surface area contributed by atoms with Gasteiger partial charge in [0, 0.05) is 0 Å². The number of hydrogen-bond acceptors (Lipinski definition) is 5. The van der Waals surface area contributed by atoms with Gasteiger partial charge >= 0.3 is 0 Å². The van der Waals surface area contributed by atoms with Gasteiger partial charge in [0.2, 0.25) is 10.0 Å². The Balaban J connectivity index is 2.08. The van der Waals surface area contributed by atoms with Crippen molar-refractivity contribution < 1.29 is 8.42 Å². The van der Waals surface area contributed by atoms with Gasteiger partial charge in [-0.1, -0.05) is 30.7 Å². The first-order valence-electron chi connectivity index (χ1n) is 6.36. The smallest absolute Gasteiger partial charge is 0.233 e. The number of rotatable bonds is 6. The number of nitrogens with zero attached hydrogens (tertiary/aromatic N) is 2. The van der Waals surface area contributed by atoms with Crippen LogP contribution in [0.25, 0.3) is 0 Å². The van der Waals surface area contributed by atoms with Crippen LogP contribution >= 0.6 is 11.6 Å². The molecule has 0 amide bonds. The number of para-hydroxylation sites is 1. The molecule has 0 saturated carbocycles. The topological polar surface area (TPSA) is 84.0 Å². The van der Waals surface area contributed by atoms with E-state index in [1.165, 1.54) is 0 Å². The van der Waals surface area contributed by atoms with Gasteiger partial charge < -0.3 is 5.32 Å². The number of benzene rings is 1. The van der Waals surface area contributed by atoms with E-state index < -0.39 is 10.0 Å². The van der Waals surface area contributed by atoms with Crippen molar-refractivity contribution in [3.05, 3.63) is 41.4 Å². The lowest BCUT2D eigenvalue weighted by molar-refractivity contribution is 0.599. The first-order valence-corrected chi connectivity index (χ1v) is 8.39. The third kappa shape index (κ3) is 4.57. The van der Waals surface area contributed by atoms with Crippen LogP contribution in [0, 0.1) is 0 Å². The largest absolute Gasteiger partial charge is 0.338 e. The Morgan fingerprint density at radius 1 is 1.10 bits per heavy atom. The zero-order valence-electron chi connectivity index (χ0n) is 11.4. The van der Waals surface area contributed by atoms with Gasteiger partial charge in [0.25, 0.3) is 0 Å². The fourth-order valence-electron chi connectivity index (χ4n) is 1.63. The molecule has 0 aliphatic heterocycles. The van der Waals surface area contributed by atoms with E-state index in [1.807, 2.05) is 18.2 Å². The van der Waals surface area contributed by atoms with E-state index in [0.717, 1.165) is 0 Å². The summed E-state index contributed by atoms with van der Waals surface area (Å²) in [6.45, 7) is 1.79. The third-order valence-corrected chi connectivity index (χ3v) is 4.33. The minimum Gasteiger partial charge on any atom is -0.338 e. The number of sulfonamides is 1. The second-order valence-corrected chi connectivity index (χ2v) is 6.58. The van der Waals surface area contributed by atoms with Crippen molar-refractivity contribution in [3.63, 3.8) is 0 Å². The summed E-state index contributed by atoms with van der Waals surface area (Å²) >= 11 is 6.02. The highest BCUT2D eigenvalue weighted by molar-refractivity contribution is 7.92. The summed E-state index contributed by atoms with van der Waals surface area (Å²) in [7, 11) is -3.36. The van der Waals surface area contributed by atoms with Gasteiger partial charge in [0.15, 0.2) is 11.6 Å². The van der Waals surface area contributed by atoms with E-state index in [9.17, 15) is 8.42 Å². The molecule has 0 aliphatic carbocycles. The molecule has 0 aliphatic rings. The molecular formula is C13H15ClN4O2S. The molecule has 112 valence electrons. The van der Waals surface area contributed by atoms with Crippen molar-refractivity contribution in [1.82, 2.24) is 10.2 Å². The standard InChI is InChI=1S/C13H15ClN4O2S/c1-2-9-21(19,20)18-13-8-7-12(16-17-13)15-11-6-4-3-5-10(11)14/h3-8H,2,9H2,1H3,(H,15,16)(H,17,18). The Hall–Kier alpha value is -1.86. The van der Waals surface area contributed by atoms with E-state index in [0.29, 0.717) is 22.9 Å². The third-order valence-electron chi connectivity index (χ3n) is 2.53. The fourth-order valence-corrected chi connectivity index (χ4v) is 2.88. The summed E-state index contributed by atoms with van der Waals surface area (Å²) in [5.74, 6) is 0.712. The molecule has 0 bridgehead atoms. The normalized spacial score (nSPS) is 11.1. The summed E-state index contributed by atoms with van der Waals surface area (Å²) < 4.78 is 25.6. The number of nitrogens with one attached hydrogen (secondary N) is 2. The predicted octanol–water partition coefficient (Wildman–Crippen LogP) is 3.03. The highest BCUT2D eigenvalue weighted by atomic mass is 35.5. The molecule has 21 heavy (non-hydrogen) atoms. The lowest BCUT2D eigenvalue weighted by Gasteiger charge is -2.08. The summed E-state index contributed by atoms with van der Waals surface area (Å²) in [6, 6.07) is 10.4. The van der Waals surface area contributed by atoms with Gasteiger partial charge in [0.05, 0.1) is 16.5 Å². The Morgan fingerprint density at radius 2 is 1.76 bits per heavy atom. The van der Waals surface area contributed by atoms with E-state index in [-0.39, 0.29) is 11.6 Å². The molecular weight excluding hydrogens is 312 g/mol. The average molecular weight is 327 g/mol. The van der Waals surface area contributed by atoms with Crippen LogP contribution in [0.4, 0.5) is 17.3 Å². The molecule has 0 saturated heterocycles. The molecule has 0 radical (unpaired) electrons. The van der Waals surface area contributed by atoms with Crippen LogP contribution in [-0.4, -0.2) is 24.4 Å². The molecule has 2 N–H and O–H groups in total. The molecule has 1 aromatic carbocycles. The van der Waals surface area contributed by atoms with Crippen LogP contribution in [0.5, 0.6) is 0 Å². The molecule has 0 fully saturated rings. The molecule has 2 rings (SSSR count). The molecule has 6 nitrogen and oxygen atoms in total. The van der Waals surface area contributed by atoms with E-state index in [2.05, 4.69) is 20.2 Å². The second-order valence-electron chi connectivity index (χ2n) is 4.33. The first kappa shape index (κ1) is 15.5. The lowest BCUT2D eigenvalue weighted by atomic mass is 10.3. The van der Waals surface area contributed by atoms with Gasteiger partial charge in [0.1, 0.15) is 0 Å². The summed E-state index contributed by atoms with van der Waals surface area (Å²) in [4.78, 5) is 0.